The van der Waals surface area contributed by atoms with Gasteiger partial charge in [-0.15, -0.1) is 0 Å². The first kappa shape index (κ1) is 23.2. The summed E-state index contributed by atoms with van der Waals surface area (Å²) in [5, 5.41) is 14.7. The molecule has 34 heavy (non-hydrogen) atoms. The highest BCUT2D eigenvalue weighted by Crippen LogP contribution is 2.36. The van der Waals surface area contributed by atoms with Crippen LogP contribution in [-0.2, 0) is 0 Å². The molecule has 1 aromatic heterocycles. The first-order valence-electron chi connectivity index (χ1n) is 10.5. The van der Waals surface area contributed by atoms with Crippen molar-refractivity contribution in [3.8, 4) is 5.69 Å². The molecule has 0 amide bonds. The number of nitrogens with one attached hydrogen (secondary N) is 2. The highest BCUT2D eigenvalue weighted by molar-refractivity contribution is 5.86. The van der Waals surface area contributed by atoms with Gasteiger partial charge in [0, 0.05) is 42.9 Å². The van der Waals surface area contributed by atoms with E-state index < -0.39 is 23.3 Å². The Kier molecular flexibility index (Phi) is 6.49. The molecule has 0 saturated carbocycles. The van der Waals surface area contributed by atoms with Crippen LogP contribution in [0, 0.1) is 17.1 Å². The standard InChI is InChI=1S/C24H21F4N5O/c25-19-14-18(32-12-9-16(15-32)24(26,27)28)6-7-21(19)33-13-10-22(34)23(31-33)20(8-11-29)30-17-4-2-1-3-5-17/h1-8,10-11,13-14,16,29-30H,9,12,15H2/b20-8-,29-11?. The monoisotopic (exact) mass is 471 g/mol. The van der Waals surface area contributed by atoms with Gasteiger partial charge in [0.25, 0.3) is 0 Å². The van der Waals surface area contributed by atoms with Crippen molar-refractivity contribution < 1.29 is 17.6 Å². The normalized spacial score (nSPS) is 16.5. The molecule has 2 heterocycles. The number of aromatic nitrogens is 2. The Morgan fingerprint density at radius 2 is 1.91 bits per heavy atom. The Balaban J connectivity index is 1.63. The largest absolute Gasteiger partial charge is 0.393 e. The predicted molar refractivity (Wildman–Crippen MR) is 123 cm³/mol. The summed E-state index contributed by atoms with van der Waals surface area (Å²) >= 11 is 0. The van der Waals surface area contributed by atoms with Gasteiger partial charge in [-0.3, -0.25) is 4.79 Å². The summed E-state index contributed by atoms with van der Waals surface area (Å²) in [6.45, 7) is -0.0298. The molecule has 6 nitrogen and oxygen atoms in total. The third-order valence-corrected chi connectivity index (χ3v) is 5.56. The van der Waals surface area contributed by atoms with Crippen molar-refractivity contribution in [1.82, 2.24) is 9.78 Å². The molecule has 176 valence electrons. The maximum atomic E-state index is 15.0. The summed E-state index contributed by atoms with van der Waals surface area (Å²) in [4.78, 5) is 14.0. The topological polar surface area (TPSA) is 74.0 Å². The van der Waals surface area contributed by atoms with Crippen molar-refractivity contribution in [1.29, 1.82) is 5.41 Å². The van der Waals surface area contributed by atoms with E-state index in [1.807, 2.05) is 6.07 Å². The number of anilines is 2. The van der Waals surface area contributed by atoms with Gasteiger partial charge in [-0.2, -0.15) is 18.3 Å². The SMILES string of the molecule is N=C/C=C(\Nc1ccccc1)c1nn(-c2ccc(N3CCC(C(F)(F)F)C3)cc2F)ccc1=O. The van der Waals surface area contributed by atoms with Crippen molar-refractivity contribution in [2.45, 2.75) is 12.6 Å². The highest BCUT2D eigenvalue weighted by Gasteiger charge is 2.43. The molecule has 0 bridgehead atoms. The fourth-order valence-electron chi connectivity index (χ4n) is 3.81. The van der Waals surface area contributed by atoms with Crippen LogP contribution >= 0.6 is 0 Å². The Labute approximate surface area is 192 Å². The van der Waals surface area contributed by atoms with E-state index in [0.717, 1.165) is 6.21 Å². The predicted octanol–water partition coefficient (Wildman–Crippen LogP) is 4.86. The van der Waals surface area contributed by atoms with Crippen LogP contribution in [0.3, 0.4) is 0 Å². The molecule has 2 aromatic carbocycles. The van der Waals surface area contributed by atoms with E-state index >= 15 is 0 Å². The lowest BCUT2D eigenvalue weighted by atomic mass is 10.1. The fourth-order valence-corrected chi connectivity index (χ4v) is 3.81. The molecule has 1 atom stereocenters. The van der Waals surface area contributed by atoms with E-state index in [9.17, 15) is 22.4 Å². The molecular formula is C24H21F4N5O. The average molecular weight is 471 g/mol. The molecule has 3 aromatic rings. The molecule has 0 spiro atoms. The minimum absolute atomic E-state index is 0.0223. The number of hydrogen-bond acceptors (Lipinski definition) is 5. The number of para-hydroxylation sites is 1. The van der Waals surface area contributed by atoms with Crippen LogP contribution in [0.25, 0.3) is 11.4 Å². The number of halogens is 4. The number of alkyl halides is 3. The molecule has 1 saturated heterocycles. The Morgan fingerprint density at radius 1 is 1.15 bits per heavy atom. The minimum atomic E-state index is -4.28. The molecule has 0 radical (unpaired) electrons. The Hall–Kier alpha value is -3.95. The molecule has 2 N–H and O–H groups in total. The van der Waals surface area contributed by atoms with Crippen LogP contribution < -0.4 is 15.6 Å². The van der Waals surface area contributed by atoms with E-state index in [1.54, 1.807) is 24.3 Å². The zero-order valence-electron chi connectivity index (χ0n) is 17.9. The zero-order valence-corrected chi connectivity index (χ0v) is 17.9. The van der Waals surface area contributed by atoms with Gasteiger partial charge in [-0.05, 0) is 42.8 Å². The van der Waals surface area contributed by atoms with Crippen molar-refractivity contribution >= 4 is 23.3 Å². The molecule has 10 heteroatoms. The lowest BCUT2D eigenvalue weighted by Gasteiger charge is -2.20. The third-order valence-electron chi connectivity index (χ3n) is 5.56. The lowest BCUT2D eigenvalue weighted by Crippen LogP contribution is -2.27. The maximum absolute atomic E-state index is 15.0. The van der Waals surface area contributed by atoms with E-state index in [-0.39, 0.29) is 36.6 Å². The second-order valence-electron chi connectivity index (χ2n) is 7.82. The molecular weight excluding hydrogens is 450 g/mol. The van der Waals surface area contributed by atoms with Crippen LogP contribution in [0.15, 0.2) is 71.7 Å². The zero-order chi connectivity index (χ0) is 24.3. The van der Waals surface area contributed by atoms with Gasteiger partial charge >= 0.3 is 6.18 Å². The summed E-state index contributed by atoms with van der Waals surface area (Å²) in [6.07, 6.45) is -0.634. The van der Waals surface area contributed by atoms with E-state index in [2.05, 4.69) is 10.4 Å². The number of allylic oxidation sites excluding steroid dienone is 1. The van der Waals surface area contributed by atoms with Gasteiger partial charge < -0.3 is 15.6 Å². The quantitative estimate of drug-likeness (QED) is 0.398. The first-order chi connectivity index (χ1) is 16.3. The van der Waals surface area contributed by atoms with E-state index in [4.69, 9.17) is 5.41 Å². The molecule has 1 aliphatic heterocycles. The second-order valence-corrected chi connectivity index (χ2v) is 7.82. The minimum Gasteiger partial charge on any atom is -0.371 e. The van der Waals surface area contributed by atoms with Crippen molar-refractivity contribution in [3.63, 3.8) is 0 Å². The summed E-state index contributed by atoms with van der Waals surface area (Å²) in [6, 6.07) is 14.3. The highest BCUT2D eigenvalue weighted by atomic mass is 19.4. The van der Waals surface area contributed by atoms with Gasteiger partial charge in [0.05, 0.1) is 11.6 Å². The van der Waals surface area contributed by atoms with Gasteiger partial charge in [0.15, 0.2) is 11.5 Å². The number of rotatable bonds is 6. The Morgan fingerprint density at radius 3 is 2.56 bits per heavy atom. The van der Waals surface area contributed by atoms with Crippen molar-refractivity contribution in [2.24, 2.45) is 5.92 Å². The second kappa shape index (κ2) is 9.50. The van der Waals surface area contributed by atoms with Crippen LogP contribution in [0.5, 0.6) is 0 Å². The van der Waals surface area contributed by atoms with Gasteiger partial charge in [0.2, 0.25) is 5.43 Å². The van der Waals surface area contributed by atoms with Crippen molar-refractivity contribution in [2.75, 3.05) is 23.3 Å². The summed E-state index contributed by atoms with van der Waals surface area (Å²) in [5.41, 5.74) is 0.860. The average Bonchev–Trinajstić information content (AvgIpc) is 3.31. The fraction of sp³-hybridized carbons (Fsp3) is 0.208. The molecule has 0 aliphatic carbocycles. The van der Waals surface area contributed by atoms with Crippen LogP contribution in [0.2, 0.25) is 0 Å². The molecule has 1 aliphatic rings. The summed E-state index contributed by atoms with van der Waals surface area (Å²) in [5.74, 6) is -2.13. The van der Waals surface area contributed by atoms with Crippen LogP contribution in [0.4, 0.5) is 28.9 Å². The van der Waals surface area contributed by atoms with Gasteiger partial charge in [0.1, 0.15) is 5.69 Å². The maximum Gasteiger partial charge on any atom is 0.393 e. The number of nitrogens with zero attached hydrogens (tertiary/aromatic N) is 3. The molecule has 1 fully saturated rings. The van der Waals surface area contributed by atoms with Crippen molar-refractivity contribution in [3.05, 3.63) is 88.6 Å². The first-order valence-corrected chi connectivity index (χ1v) is 10.5. The Bertz CT molecular complexity index is 1270. The lowest BCUT2D eigenvalue weighted by molar-refractivity contribution is -0.168. The van der Waals surface area contributed by atoms with Crippen LogP contribution in [-0.4, -0.2) is 35.3 Å². The van der Waals surface area contributed by atoms with Crippen LogP contribution in [0.1, 0.15) is 12.1 Å². The summed E-state index contributed by atoms with van der Waals surface area (Å²) < 4.78 is 55.1. The smallest absolute Gasteiger partial charge is 0.371 e. The van der Waals surface area contributed by atoms with E-state index in [0.29, 0.717) is 11.4 Å². The molecule has 4 rings (SSSR count). The molecule has 1 unspecified atom stereocenters. The van der Waals surface area contributed by atoms with E-state index in [1.165, 1.54) is 46.1 Å². The number of hydrogen-bond donors (Lipinski definition) is 2. The van der Waals surface area contributed by atoms with Gasteiger partial charge in [-0.25, -0.2) is 9.07 Å². The number of benzene rings is 2. The third kappa shape index (κ3) is 5.00. The van der Waals surface area contributed by atoms with Gasteiger partial charge in [-0.1, -0.05) is 18.2 Å². The summed E-state index contributed by atoms with van der Waals surface area (Å²) in [7, 11) is 0.